The summed E-state index contributed by atoms with van der Waals surface area (Å²) in [4.78, 5) is 24.4. The summed E-state index contributed by atoms with van der Waals surface area (Å²) in [5.74, 6) is 0.770. The van der Waals surface area contributed by atoms with Gasteiger partial charge in [-0.25, -0.2) is 0 Å². The van der Waals surface area contributed by atoms with Crippen molar-refractivity contribution in [3.8, 4) is 5.75 Å². The van der Waals surface area contributed by atoms with Crippen LogP contribution in [0.1, 0.15) is 27.2 Å². The van der Waals surface area contributed by atoms with Crippen LogP contribution < -0.4 is 15.4 Å². The third-order valence-electron chi connectivity index (χ3n) is 3.98. The van der Waals surface area contributed by atoms with E-state index in [1.54, 1.807) is 42.7 Å². The molecule has 2 aromatic carbocycles. The van der Waals surface area contributed by atoms with E-state index in [0.29, 0.717) is 29.3 Å². The minimum Gasteiger partial charge on any atom is -0.484 e. The van der Waals surface area contributed by atoms with E-state index in [4.69, 9.17) is 9.15 Å². The number of amides is 2. The van der Waals surface area contributed by atoms with Crippen molar-refractivity contribution in [1.82, 2.24) is 5.32 Å². The molecule has 3 rings (SSSR count). The second-order valence-corrected chi connectivity index (χ2v) is 6.50. The predicted octanol–water partition coefficient (Wildman–Crippen LogP) is 3.84. The first-order valence-electron chi connectivity index (χ1n) is 8.91. The maximum absolute atomic E-state index is 12.3. The first kappa shape index (κ1) is 19.2. The van der Waals surface area contributed by atoms with Crippen molar-refractivity contribution in [3.05, 3.63) is 83.3 Å². The molecule has 1 aromatic heterocycles. The summed E-state index contributed by atoms with van der Waals surface area (Å²) in [5.41, 5.74) is 3.12. The number of furan rings is 1. The van der Waals surface area contributed by atoms with Crippen molar-refractivity contribution in [2.24, 2.45) is 0 Å². The Morgan fingerprint density at radius 3 is 2.50 bits per heavy atom. The standard InChI is InChI=1S/C22H22N2O4/c1-15-9-16(2)11-20(10-15)28-14-21(25)24-18-6-3-5-17(12-18)22(26)23-13-19-7-4-8-27-19/h3-12H,13-14H2,1-2H3,(H,23,26)(H,24,25). The van der Waals surface area contributed by atoms with Gasteiger partial charge in [0.05, 0.1) is 12.8 Å². The van der Waals surface area contributed by atoms with Gasteiger partial charge in [-0.2, -0.15) is 0 Å². The Hall–Kier alpha value is -3.54. The smallest absolute Gasteiger partial charge is 0.262 e. The number of aryl methyl sites for hydroxylation is 2. The fourth-order valence-electron chi connectivity index (χ4n) is 2.78. The zero-order valence-corrected chi connectivity index (χ0v) is 15.8. The van der Waals surface area contributed by atoms with Crippen molar-refractivity contribution < 1.29 is 18.7 Å². The maximum atomic E-state index is 12.3. The Morgan fingerprint density at radius 2 is 1.79 bits per heavy atom. The number of hydrogen-bond acceptors (Lipinski definition) is 4. The highest BCUT2D eigenvalue weighted by atomic mass is 16.5. The van der Waals surface area contributed by atoms with Crippen LogP contribution in [0.4, 0.5) is 5.69 Å². The number of nitrogens with one attached hydrogen (secondary N) is 2. The van der Waals surface area contributed by atoms with Gasteiger partial charge < -0.3 is 19.8 Å². The second kappa shape index (κ2) is 8.90. The van der Waals surface area contributed by atoms with E-state index in [0.717, 1.165) is 11.1 Å². The van der Waals surface area contributed by atoms with Crippen LogP contribution in [0.15, 0.2) is 65.3 Å². The number of carbonyl (C=O) groups excluding carboxylic acids is 2. The van der Waals surface area contributed by atoms with E-state index in [-0.39, 0.29) is 18.4 Å². The molecular weight excluding hydrogens is 356 g/mol. The zero-order valence-electron chi connectivity index (χ0n) is 15.8. The van der Waals surface area contributed by atoms with Gasteiger partial charge in [0, 0.05) is 11.3 Å². The molecule has 0 aliphatic rings. The lowest BCUT2D eigenvalue weighted by Gasteiger charge is -2.10. The largest absolute Gasteiger partial charge is 0.484 e. The Labute approximate surface area is 163 Å². The van der Waals surface area contributed by atoms with E-state index in [1.807, 2.05) is 32.0 Å². The average molecular weight is 378 g/mol. The van der Waals surface area contributed by atoms with Gasteiger partial charge in [0.1, 0.15) is 11.5 Å². The molecule has 2 N–H and O–H groups in total. The van der Waals surface area contributed by atoms with E-state index in [1.165, 1.54) is 0 Å². The lowest BCUT2D eigenvalue weighted by Crippen LogP contribution is -2.23. The molecule has 0 bridgehead atoms. The molecule has 0 atom stereocenters. The van der Waals surface area contributed by atoms with Gasteiger partial charge in [-0.05, 0) is 67.4 Å². The fourth-order valence-corrected chi connectivity index (χ4v) is 2.78. The molecule has 6 nitrogen and oxygen atoms in total. The number of benzene rings is 2. The topological polar surface area (TPSA) is 80.6 Å². The molecule has 0 saturated carbocycles. The first-order chi connectivity index (χ1) is 13.5. The van der Waals surface area contributed by atoms with E-state index in [9.17, 15) is 9.59 Å². The van der Waals surface area contributed by atoms with Gasteiger partial charge in [-0.1, -0.05) is 12.1 Å². The number of ether oxygens (including phenoxy) is 1. The van der Waals surface area contributed by atoms with Crippen molar-refractivity contribution in [2.75, 3.05) is 11.9 Å². The summed E-state index contributed by atoms with van der Waals surface area (Å²) in [7, 11) is 0. The van der Waals surface area contributed by atoms with Crippen molar-refractivity contribution in [1.29, 1.82) is 0 Å². The lowest BCUT2D eigenvalue weighted by atomic mass is 10.1. The maximum Gasteiger partial charge on any atom is 0.262 e. The van der Waals surface area contributed by atoms with Gasteiger partial charge in [0.25, 0.3) is 11.8 Å². The van der Waals surface area contributed by atoms with Crippen molar-refractivity contribution in [2.45, 2.75) is 20.4 Å². The SMILES string of the molecule is Cc1cc(C)cc(OCC(=O)Nc2cccc(C(=O)NCc3ccco3)c2)c1. The summed E-state index contributed by atoms with van der Waals surface area (Å²) < 4.78 is 10.7. The highest BCUT2D eigenvalue weighted by Crippen LogP contribution is 2.16. The molecule has 0 saturated heterocycles. The van der Waals surface area contributed by atoms with Crippen LogP contribution in [-0.4, -0.2) is 18.4 Å². The molecular formula is C22H22N2O4. The summed E-state index contributed by atoms with van der Waals surface area (Å²) in [6, 6.07) is 16.1. The average Bonchev–Trinajstić information content (AvgIpc) is 3.17. The molecule has 0 spiro atoms. The molecule has 28 heavy (non-hydrogen) atoms. The Bertz CT molecular complexity index is 944. The highest BCUT2D eigenvalue weighted by Gasteiger charge is 2.09. The van der Waals surface area contributed by atoms with Crippen LogP contribution >= 0.6 is 0 Å². The molecule has 2 amide bonds. The Balaban J connectivity index is 1.54. The Morgan fingerprint density at radius 1 is 1.00 bits per heavy atom. The molecule has 0 fully saturated rings. The minimum atomic E-state index is -0.299. The van der Waals surface area contributed by atoms with Gasteiger partial charge in [-0.3, -0.25) is 9.59 Å². The monoisotopic (exact) mass is 378 g/mol. The molecule has 144 valence electrons. The first-order valence-corrected chi connectivity index (χ1v) is 8.91. The van der Waals surface area contributed by atoms with Gasteiger partial charge in [0.2, 0.25) is 0 Å². The van der Waals surface area contributed by atoms with Crippen LogP contribution in [-0.2, 0) is 11.3 Å². The molecule has 0 unspecified atom stereocenters. The summed E-state index contributed by atoms with van der Waals surface area (Å²) >= 11 is 0. The molecule has 3 aromatic rings. The molecule has 0 aliphatic carbocycles. The van der Waals surface area contributed by atoms with E-state index in [2.05, 4.69) is 10.6 Å². The van der Waals surface area contributed by atoms with Crippen LogP contribution in [0.3, 0.4) is 0 Å². The molecule has 0 radical (unpaired) electrons. The van der Waals surface area contributed by atoms with Crippen molar-refractivity contribution in [3.63, 3.8) is 0 Å². The third-order valence-corrected chi connectivity index (χ3v) is 3.98. The summed E-state index contributed by atoms with van der Waals surface area (Å²) in [6.07, 6.45) is 1.55. The number of hydrogen-bond donors (Lipinski definition) is 2. The van der Waals surface area contributed by atoms with E-state index >= 15 is 0 Å². The second-order valence-electron chi connectivity index (χ2n) is 6.50. The summed E-state index contributed by atoms with van der Waals surface area (Å²) in [5, 5.41) is 5.51. The van der Waals surface area contributed by atoms with Gasteiger partial charge in [0.15, 0.2) is 6.61 Å². The van der Waals surface area contributed by atoms with Gasteiger partial charge in [-0.15, -0.1) is 0 Å². The van der Waals surface area contributed by atoms with Crippen LogP contribution in [0.5, 0.6) is 5.75 Å². The number of carbonyl (C=O) groups is 2. The molecule has 6 heteroatoms. The predicted molar refractivity (Wildman–Crippen MR) is 106 cm³/mol. The van der Waals surface area contributed by atoms with Crippen LogP contribution in [0.2, 0.25) is 0 Å². The normalized spacial score (nSPS) is 10.4. The zero-order chi connectivity index (χ0) is 19.9. The summed E-state index contributed by atoms with van der Waals surface area (Å²) in [6.45, 7) is 4.13. The Kier molecular flexibility index (Phi) is 6.11. The molecule has 1 heterocycles. The fraction of sp³-hybridized carbons (Fsp3) is 0.182. The van der Waals surface area contributed by atoms with Crippen LogP contribution in [0, 0.1) is 13.8 Å². The number of anilines is 1. The van der Waals surface area contributed by atoms with Gasteiger partial charge >= 0.3 is 0 Å². The molecule has 0 aliphatic heterocycles. The lowest BCUT2D eigenvalue weighted by molar-refractivity contribution is -0.118. The van der Waals surface area contributed by atoms with Crippen molar-refractivity contribution >= 4 is 17.5 Å². The third kappa shape index (κ3) is 5.48. The quantitative estimate of drug-likeness (QED) is 0.654. The minimum absolute atomic E-state index is 0.113. The van der Waals surface area contributed by atoms with Crippen LogP contribution in [0.25, 0.3) is 0 Å². The highest BCUT2D eigenvalue weighted by molar-refractivity contribution is 5.97. The van der Waals surface area contributed by atoms with E-state index < -0.39 is 0 Å². The number of rotatable bonds is 7.